The maximum absolute atomic E-state index is 12.1. The zero-order chi connectivity index (χ0) is 10.1. The van der Waals surface area contributed by atoms with Gasteiger partial charge in [-0.1, -0.05) is 44.2 Å². The molecular formula is C11H17OSi. The van der Waals surface area contributed by atoms with Gasteiger partial charge in [-0.25, -0.2) is 0 Å². The quantitative estimate of drug-likeness (QED) is 0.643. The second kappa shape index (κ2) is 3.27. The molecule has 0 N–H and O–H groups in total. The highest BCUT2D eigenvalue weighted by Gasteiger charge is 2.41. The molecule has 0 aliphatic heterocycles. The van der Waals surface area contributed by atoms with Crippen LogP contribution < -0.4 is 0 Å². The Morgan fingerprint density at radius 2 is 1.54 bits per heavy atom. The van der Waals surface area contributed by atoms with Crippen molar-refractivity contribution in [3.8, 4) is 0 Å². The van der Waals surface area contributed by atoms with Crippen molar-refractivity contribution in [1.29, 1.82) is 0 Å². The summed E-state index contributed by atoms with van der Waals surface area (Å²) in [6, 6.07) is 10.1. The van der Waals surface area contributed by atoms with Crippen LogP contribution in [0.15, 0.2) is 30.3 Å². The first-order valence-electron chi connectivity index (χ1n) is 4.61. The van der Waals surface area contributed by atoms with E-state index in [0.717, 1.165) is 0 Å². The molecule has 71 valence electrons. The molecule has 13 heavy (non-hydrogen) atoms. The monoisotopic (exact) mass is 193 g/mol. The van der Waals surface area contributed by atoms with Gasteiger partial charge in [0.05, 0.1) is 0 Å². The Morgan fingerprint density at radius 1 is 1.08 bits per heavy atom. The molecule has 0 atom stereocenters. The summed E-state index contributed by atoms with van der Waals surface area (Å²) in [6.07, 6.45) is 0. The summed E-state index contributed by atoms with van der Waals surface area (Å²) in [5.41, 5.74) is 1.17. The Balaban J connectivity index is 3.08. The van der Waals surface area contributed by atoms with Crippen LogP contribution in [0, 0.1) is 0 Å². The SMILES string of the molecule is CC(C)(c1ccccc1)[Si](C)(C)[O]. The van der Waals surface area contributed by atoms with E-state index in [9.17, 15) is 4.80 Å². The second-order valence-electron chi connectivity index (χ2n) is 4.50. The van der Waals surface area contributed by atoms with E-state index in [1.807, 2.05) is 43.4 Å². The third-order valence-electron chi connectivity index (χ3n) is 3.00. The zero-order valence-electron chi connectivity index (χ0n) is 8.79. The molecule has 0 aliphatic carbocycles. The van der Waals surface area contributed by atoms with Gasteiger partial charge in [0.2, 0.25) is 8.32 Å². The van der Waals surface area contributed by atoms with Crippen LogP contribution in [0.2, 0.25) is 13.1 Å². The van der Waals surface area contributed by atoms with Crippen molar-refractivity contribution >= 4 is 8.32 Å². The van der Waals surface area contributed by atoms with Gasteiger partial charge in [0, 0.05) is 5.04 Å². The fourth-order valence-electron chi connectivity index (χ4n) is 1.20. The molecule has 0 bridgehead atoms. The van der Waals surface area contributed by atoms with Crippen LogP contribution in [-0.4, -0.2) is 8.32 Å². The Bertz CT molecular complexity index is 272. The maximum Gasteiger partial charge on any atom is 0.241 e. The molecule has 1 radical (unpaired) electrons. The lowest BCUT2D eigenvalue weighted by atomic mass is 10.0. The molecule has 1 aromatic carbocycles. The van der Waals surface area contributed by atoms with E-state index in [4.69, 9.17) is 0 Å². The summed E-state index contributed by atoms with van der Waals surface area (Å²) >= 11 is 0. The van der Waals surface area contributed by atoms with E-state index in [2.05, 4.69) is 13.8 Å². The molecule has 0 heterocycles. The van der Waals surface area contributed by atoms with Crippen molar-refractivity contribution in [2.75, 3.05) is 0 Å². The van der Waals surface area contributed by atoms with Gasteiger partial charge in [0.25, 0.3) is 0 Å². The van der Waals surface area contributed by atoms with Gasteiger partial charge < -0.3 is 0 Å². The van der Waals surface area contributed by atoms with Crippen molar-refractivity contribution in [3.63, 3.8) is 0 Å². The average Bonchev–Trinajstić information content (AvgIpc) is 2.04. The molecular weight excluding hydrogens is 176 g/mol. The van der Waals surface area contributed by atoms with Crippen molar-refractivity contribution in [2.45, 2.75) is 32.0 Å². The summed E-state index contributed by atoms with van der Waals surface area (Å²) in [7, 11) is -2.38. The lowest BCUT2D eigenvalue weighted by Gasteiger charge is -2.33. The third kappa shape index (κ3) is 2.01. The molecule has 1 rings (SSSR count). The highest BCUT2D eigenvalue weighted by atomic mass is 28.4. The first kappa shape index (κ1) is 10.5. The number of hydrogen-bond acceptors (Lipinski definition) is 0. The van der Waals surface area contributed by atoms with Gasteiger partial charge in [-0.3, -0.25) is 4.80 Å². The highest BCUT2D eigenvalue weighted by molar-refractivity contribution is 6.72. The molecule has 1 aromatic rings. The van der Waals surface area contributed by atoms with Crippen LogP contribution in [-0.2, 0) is 9.83 Å². The van der Waals surface area contributed by atoms with Gasteiger partial charge in [-0.05, 0) is 18.7 Å². The molecule has 0 aliphatic rings. The van der Waals surface area contributed by atoms with Crippen molar-refractivity contribution < 1.29 is 4.80 Å². The smallest absolute Gasteiger partial charge is 0.241 e. The molecule has 0 unspecified atom stereocenters. The normalized spacial score (nSPS) is 13.0. The first-order chi connectivity index (χ1) is 5.86. The van der Waals surface area contributed by atoms with Crippen molar-refractivity contribution in [1.82, 2.24) is 0 Å². The van der Waals surface area contributed by atoms with E-state index < -0.39 is 8.32 Å². The van der Waals surface area contributed by atoms with Crippen molar-refractivity contribution in [3.05, 3.63) is 35.9 Å². The minimum atomic E-state index is -2.38. The Morgan fingerprint density at radius 3 is 1.92 bits per heavy atom. The predicted molar refractivity (Wildman–Crippen MR) is 57.6 cm³/mol. The third-order valence-corrected chi connectivity index (χ3v) is 6.30. The molecule has 0 aromatic heterocycles. The van der Waals surface area contributed by atoms with Crippen LogP contribution in [0.5, 0.6) is 0 Å². The Labute approximate surface area is 81.6 Å². The van der Waals surface area contributed by atoms with E-state index in [1.165, 1.54) is 5.56 Å². The standard InChI is InChI=1S/C11H17OSi/c1-11(2,13(3,4)12)10-8-6-5-7-9-10/h5-9H,1-4H3. The molecule has 0 saturated carbocycles. The van der Waals surface area contributed by atoms with Gasteiger partial charge >= 0.3 is 0 Å². The molecule has 0 fully saturated rings. The zero-order valence-corrected chi connectivity index (χ0v) is 9.79. The van der Waals surface area contributed by atoms with E-state index in [-0.39, 0.29) is 5.04 Å². The molecule has 0 saturated heterocycles. The predicted octanol–water partition coefficient (Wildman–Crippen LogP) is 3.14. The van der Waals surface area contributed by atoms with E-state index in [0.29, 0.717) is 0 Å². The summed E-state index contributed by atoms with van der Waals surface area (Å²) < 4.78 is 0. The number of rotatable bonds is 2. The van der Waals surface area contributed by atoms with Gasteiger partial charge in [-0.2, -0.15) is 0 Å². The minimum absolute atomic E-state index is 0.186. The Kier molecular flexibility index (Phi) is 2.64. The summed E-state index contributed by atoms with van der Waals surface area (Å²) in [5, 5.41) is -0.186. The fourth-order valence-corrected chi connectivity index (χ4v) is 2.06. The van der Waals surface area contributed by atoms with Crippen LogP contribution >= 0.6 is 0 Å². The van der Waals surface area contributed by atoms with Crippen LogP contribution in [0.25, 0.3) is 0 Å². The van der Waals surface area contributed by atoms with Crippen LogP contribution in [0.1, 0.15) is 19.4 Å². The highest BCUT2D eigenvalue weighted by Crippen LogP contribution is 2.31. The van der Waals surface area contributed by atoms with E-state index in [1.54, 1.807) is 0 Å². The van der Waals surface area contributed by atoms with Crippen LogP contribution in [0.4, 0.5) is 0 Å². The first-order valence-corrected chi connectivity index (χ1v) is 7.52. The van der Waals surface area contributed by atoms with Gasteiger partial charge in [0.1, 0.15) is 0 Å². The summed E-state index contributed by atoms with van der Waals surface area (Å²) in [6.45, 7) is 7.86. The van der Waals surface area contributed by atoms with Crippen LogP contribution in [0.3, 0.4) is 0 Å². The van der Waals surface area contributed by atoms with Gasteiger partial charge in [-0.15, -0.1) is 0 Å². The fraction of sp³-hybridized carbons (Fsp3) is 0.455. The largest absolute Gasteiger partial charge is 0.297 e. The molecule has 0 amide bonds. The van der Waals surface area contributed by atoms with E-state index >= 15 is 0 Å². The molecule has 0 spiro atoms. The average molecular weight is 193 g/mol. The minimum Gasteiger partial charge on any atom is -0.297 e. The lowest BCUT2D eigenvalue weighted by molar-refractivity contribution is 0.388. The second-order valence-corrected chi connectivity index (χ2v) is 8.77. The van der Waals surface area contributed by atoms with Gasteiger partial charge in [0.15, 0.2) is 0 Å². The summed E-state index contributed by atoms with van der Waals surface area (Å²) in [5.74, 6) is 0. The number of benzene rings is 1. The maximum atomic E-state index is 12.1. The lowest BCUT2D eigenvalue weighted by Crippen LogP contribution is -2.46. The summed E-state index contributed by atoms with van der Waals surface area (Å²) in [4.78, 5) is 12.1. The molecule has 1 nitrogen and oxygen atoms in total. The topological polar surface area (TPSA) is 19.9 Å². The van der Waals surface area contributed by atoms with Crippen molar-refractivity contribution in [2.24, 2.45) is 0 Å². The number of hydrogen-bond donors (Lipinski definition) is 0. The molecule has 2 heteroatoms. The Hall–Kier alpha value is -0.603.